The minimum atomic E-state index is -0.430. The normalized spacial score (nSPS) is 10.7. The lowest BCUT2D eigenvalue weighted by atomic mass is 10.3. The zero-order valence-corrected chi connectivity index (χ0v) is 13.5. The van der Waals surface area contributed by atoms with E-state index in [0.29, 0.717) is 13.1 Å². The van der Waals surface area contributed by atoms with Crippen LogP contribution in [0, 0.1) is 0 Å². The summed E-state index contributed by atoms with van der Waals surface area (Å²) in [5, 5.41) is 0. The largest absolute Gasteiger partial charge is 0.369 e. The van der Waals surface area contributed by atoms with Gasteiger partial charge in [-0.3, -0.25) is 14.5 Å². The van der Waals surface area contributed by atoms with Gasteiger partial charge in [0.25, 0.3) is 0 Å². The molecule has 7 heteroatoms. The molecule has 0 aliphatic rings. The average Bonchev–Trinajstić information content (AvgIpc) is 2.70. The third-order valence-corrected chi connectivity index (χ3v) is 4.15. The molecule has 0 aliphatic heterocycles. The second-order valence-electron chi connectivity index (χ2n) is 4.25. The summed E-state index contributed by atoms with van der Waals surface area (Å²) in [6, 6.07) is 3.97. The lowest BCUT2D eigenvalue weighted by molar-refractivity contribution is -0.132. The third kappa shape index (κ3) is 5.71. The summed E-state index contributed by atoms with van der Waals surface area (Å²) < 4.78 is 1.05. The van der Waals surface area contributed by atoms with Crippen LogP contribution >= 0.6 is 27.3 Å². The average molecular weight is 348 g/mol. The zero-order chi connectivity index (χ0) is 14.4. The SMILES string of the molecule is CCN(Cc1ccc(Br)s1)C(=O)CN(C)CC(N)=O. The fourth-order valence-electron chi connectivity index (χ4n) is 1.65. The Morgan fingerprint density at radius 2 is 2.05 bits per heavy atom. The van der Waals surface area contributed by atoms with Gasteiger partial charge in [0.05, 0.1) is 23.4 Å². The van der Waals surface area contributed by atoms with Crippen LogP contribution in [0.3, 0.4) is 0 Å². The van der Waals surface area contributed by atoms with Crippen LogP contribution in [0.2, 0.25) is 0 Å². The standard InChI is InChI=1S/C12H18BrN3O2S/c1-3-16(6-9-4-5-10(13)19-9)12(18)8-15(2)7-11(14)17/h4-5H,3,6-8H2,1-2H3,(H2,14,17). The van der Waals surface area contributed by atoms with Gasteiger partial charge in [0.1, 0.15) is 0 Å². The molecule has 0 aromatic carbocycles. The van der Waals surface area contributed by atoms with Crippen molar-refractivity contribution in [3.8, 4) is 0 Å². The Morgan fingerprint density at radius 1 is 1.37 bits per heavy atom. The number of likely N-dealkylation sites (N-methyl/N-ethyl adjacent to an activating group) is 2. The Labute approximate surface area is 125 Å². The predicted molar refractivity (Wildman–Crippen MR) is 79.8 cm³/mol. The number of amides is 2. The molecule has 0 radical (unpaired) electrons. The van der Waals surface area contributed by atoms with E-state index in [9.17, 15) is 9.59 Å². The Morgan fingerprint density at radius 3 is 2.53 bits per heavy atom. The quantitative estimate of drug-likeness (QED) is 0.807. The zero-order valence-electron chi connectivity index (χ0n) is 11.1. The summed E-state index contributed by atoms with van der Waals surface area (Å²) in [6.07, 6.45) is 0. The molecule has 0 fully saturated rings. The summed E-state index contributed by atoms with van der Waals surface area (Å²) in [4.78, 5) is 27.4. The first-order valence-corrected chi connectivity index (χ1v) is 7.52. The monoisotopic (exact) mass is 347 g/mol. The van der Waals surface area contributed by atoms with Gasteiger partial charge >= 0.3 is 0 Å². The van der Waals surface area contributed by atoms with Crippen LogP contribution in [0.25, 0.3) is 0 Å². The van der Waals surface area contributed by atoms with Gasteiger partial charge in [0.2, 0.25) is 11.8 Å². The van der Waals surface area contributed by atoms with Crippen LogP contribution in [-0.4, -0.2) is 48.3 Å². The van der Waals surface area contributed by atoms with Crippen LogP contribution in [0.15, 0.2) is 15.9 Å². The van der Waals surface area contributed by atoms with Crippen molar-refractivity contribution in [1.82, 2.24) is 9.80 Å². The molecule has 0 atom stereocenters. The van der Waals surface area contributed by atoms with Crippen LogP contribution in [0.5, 0.6) is 0 Å². The topological polar surface area (TPSA) is 66.6 Å². The molecule has 0 aliphatic carbocycles. The number of nitrogens with zero attached hydrogens (tertiary/aromatic N) is 2. The van der Waals surface area contributed by atoms with Crippen molar-refractivity contribution in [2.24, 2.45) is 5.73 Å². The number of primary amides is 1. The Bertz CT molecular complexity index is 450. The van der Waals surface area contributed by atoms with Crippen molar-refractivity contribution in [1.29, 1.82) is 0 Å². The number of nitrogens with two attached hydrogens (primary N) is 1. The van der Waals surface area contributed by atoms with E-state index >= 15 is 0 Å². The maximum absolute atomic E-state index is 12.1. The van der Waals surface area contributed by atoms with Crippen molar-refractivity contribution < 1.29 is 9.59 Å². The van der Waals surface area contributed by atoms with E-state index in [1.807, 2.05) is 19.1 Å². The number of thiophene rings is 1. The van der Waals surface area contributed by atoms with Gasteiger partial charge in [0.15, 0.2) is 0 Å². The third-order valence-electron chi connectivity index (χ3n) is 2.54. The second kappa shape index (κ2) is 7.62. The lowest BCUT2D eigenvalue weighted by Crippen LogP contribution is -2.41. The molecule has 0 saturated carbocycles. The molecular formula is C12H18BrN3O2S. The van der Waals surface area contributed by atoms with Gasteiger partial charge in [-0.05, 0) is 42.0 Å². The molecule has 19 heavy (non-hydrogen) atoms. The first kappa shape index (κ1) is 16.1. The van der Waals surface area contributed by atoms with Gasteiger partial charge in [-0.1, -0.05) is 0 Å². The van der Waals surface area contributed by atoms with E-state index in [1.54, 1.807) is 28.2 Å². The predicted octanol–water partition coefficient (Wildman–Crippen LogP) is 1.28. The van der Waals surface area contributed by atoms with E-state index in [0.717, 1.165) is 8.66 Å². The summed E-state index contributed by atoms with van der Waals surface area (Å²) >= 11 is 5.02. The van der Waals surface area contributed by atoms with E-state index < -0.39 is 5.91 Å². The molecule has 0 saturated heterocycles. The molecule has 2 amide bonds. The molecule has 1 aromatic rings. The smallest absolute Gasteiger partial charge is 0.237 e. The second-order valence-corrected chi connectivity index (χ2v) is 6.80. The van der Waals surface area contributed by atoms with E-state index in [1.165, 1.54) is 0 Å². The minimum absolute atomic E-state index is 0.00391. The molecule has 0 spiro atoms. The Balaban J connectivity index is 2.54. The Kier molecular flexibility index (Phi) is 6.47. The number of carbonyl (C=O) groups excluding carboxylic acids is 2. The highest BCUT2D eigenvalue weighted by molar-refractivity contribution is 9.11. The summed E-state index contributed by atoms with van der Waals surface area (Å²) in [6.45, 7) is 3.46. The molecule has 0 bridgehead atoms. The first-order valence-electron chi connectivity index (χ1n) is 5.91. The molecule has 2 N–H and O–H groups in total. The van der Waals surface area contributed by atoms with E-state index in [2.05, 4.69) is 15.9 Å². The number of hydrogen-bond acceptors (Lipinski definition) is 4. The highest BCUT2D eigenvalue weighted by Crippen LogP contribution is 2.23. The van der Waals surface area contributed by atoms with Crippen LogP contribution in [0.4, 0.5) is 0 Å². The number of halogens is 1. The molecular weight excluding hydrogens is 330 g/mol. The number of rotatable bonds is 7. The van der Waals surface area contributed by atoms with E-state index in [-0.39, 0.29) is 19.0 Å². The molecule has 1 rings (SSSR count). The van der Waals surface area contributed by atoms with Gasteiger partial charge in [-0.15, -0.1) is 11.3 Å². The summed E-state index contributed by atoms with van der Waals surface area (Å²) in [5.41, 5.74) is 5.09. The van der Waals surface area contributed by atoms with Crippen molar-refractivity contribution in [3.63, 3.8) is 0 Å². The van der Waals surface area contributed by atoms with Crippen molar-refractivity contribution in [2.45, 2.75) is 13.5 Å². The molecule has 106 valence electrons. The summed E-state index contributed by atoms with van der Waals surface area (Å²) in [5.74, 6) is -0.434. The number of hydrogen-bond donors (Lipinski definition) is 1. The molecule has 0 unspecified atom stereocenters. The van der Waals surface area contributed by atoms with Crippen LogP contribution in [-0.2, 0) is 16.1 Å². The van der Waals surface area contributed by atoms with E-state index in [4.69, 9.17) is 5.73 Å². The summed E-state index contributed by atoms with van der Waals surface area (Å²) in [7, 11) is 1.71. The first-order chi connectivity index (χ1) is 8.92. The highest BCUT2D eigenvalue weighted by Gasteiger charge is 2.16. The van der Waals surface area contributed by atoms with Gasteiger partial charge in [0, 0.05) is 11.4 Å². The lowest BCUT2D eigenvalue weighted by Gasteiger charge is -2.23. The van der Waals surface area contributed by atoms with Gasteiger partial charge < -0.3 is 10.6 Å². The van der Waals surface area contributed by atoms with Crippen molar-refractivity contribution in [3.05, 3.63) is 20.8 Å². The molecule has 5 nitrogen and oxygen atoms in total. The van der Waals surface area contributed by atoms with Gasteiger partial charge in [-0.2, -0.15) is 0 Å². The van der Waals surface area contributed by atoms with Crippen molar-refractivity contribution in [2.75, 3.05) is 26.7 Å². The van der Waals surface area contributed by atoms with Crippen LogP contribution in [0.1, 0.15) is 11.8 Å². The number of carbonyl (C=O) groups is 2. The van der Waals surface area contributed by atoms with Gasteiger partial charge in [-0.25, -0.2) is 0 Å². The van der Waals surface area contributed by atoms with Crippen molar-refractivity contribution >= 4 is 39.1 Å². The molecule has 1 heterocycles. The maximum atomic E-state index is 12.1. The Hall–Kier alpha value is -0.920. The fourth-order valence-corrected chi connectivity index (χ4v) is 3.15. The maximum Gasteiger partial charge on any atom is 0.237 e. The van der Waals surface area contributed by atoms with Crippen LogP contribution < -0.4 is 5.73 Å². The fraction of sp³-hybridized carbons (Fsp3) is 0.500. The highest BCUT2D eigenvalue weighted by atomic mass is 79.9. The molecule has 1 aromatic heterocycles. The minimum Gasteiger partial charge on any atom is -0.369 e.